The van der Waals surface area contributed by atoms with E-state index in [0.717, 1.165) is 5.75 Å². The molecular formula is C16H22N2O4. The number of rotatable bonds is 6. The van der Waals surface area contributed by atoms with Gasteiger partial charge in [-0.2, -0.15) is 0 Å². The van der Waals surface area contributed by atoms with Gasteiger partial charge in [-0.25, -0.2) is 0 Å². The van der Waals surface area contributed by atoms with E-state index < -0.39 is 0 Å². The third-order valence-corrected chi connectivity index (χ3v) is 3.68. The molecule has 6 nitrogen and oxygen atoms in total. The van der Waals surface area contributed by atoms with Gasteiger partial charge in [0.05, 0.1) is 20.1 Å². The largest absolute Gasteiger partial charge is 0.497 e. The van der Waals surface area contributed by atoms with Crippen LogP contribution in [0.2, 0.25) is 0 Å². The molecule has 2 rings (SSSR count). The van der Waals surface area contributed by atoms with E-state index in [9.17, 15) is 9.59 Å². The molecule has 0 aliphatic carbocycles. The van der Waals surface area contributed by atoms with Crippen molar-refractivity contribution in [1.29, 1.82) is 0 Å². The van der Waals surface area contributed by atoms with Crippen LogP contribution in [0.25, 0.3) is 0 Å². The summed E-state index contributed by atoms with van der Waals surface area (Å²) in [5.41, 5.74) is 0. The molecule has 1 aliphatic rings. The van der Waals surface area contributed by atoms with Crippen molar-refractivity contribution in [2.75, 3.05) is 26.8 Å². The van der Waals surface area contributed by atoms with Crippen LogP contribution in [-0.4, -0.2) is 49.6 Å². The lowest BCUT2D eigenvalue weighted by atomic mass is 10.1. The van der Waals surface area contributed by atoms with Gasteiger partial charge in [-0.3, -0.25) is 9.59 Å². The molecule has 0 radical (unpaired) electrons. The standard InChI is InChI=1S/C16H22N2O4/c1-3-14-16(20)17-9-10-18(14)15(19)8-11-22-13-6-4-12(21-2)5-7-13/h4-7,14H,3,8-11H2,1-2H3,(H,17,20)/t14-/m0/s1. The maximum atomic E-state index is 12.2. The smallest absolute Gasteiger partial charge is 0.242 e. The second-order valence-corrected chi connectivity index (χ2v) is 5.08. The maximum absolute atomic E-state index is 12.2. The Labute approximate surface area is 130 Å². The fourth-order valence-corrected chi connectivity index (χ4v) is 2.49. The molecule has 22 heavy (non-hydrogen) atoms. The molecule has 1 aromatic carbocycles. The zero-order valence-electron chi connectivity index (χ0n) is 13.0. The third-order valence-electron chi connectivity index (χ3n) is 3.68. The molecule has 0 saturated carbocycles. The molecule has 0 unspecified atom stereocenters. The lowest BCUT2D eigenvalue weighted by Crippen LogP contribution is -2.57. The Balaban J connectivity index is 1.82. The van der Waals surface area contributed by atoms with Crippen LogP contribution in [-0.2, 0) is 9.59 Å². The topological polar surface area (TPSA) is 67.9 Å². The van der Waals surface area contributed by atoms with Gasteiger partial charge in [0, 0.05) is 13.1 Å². The lowest BCUT2D eigenvalue weighted by Gasteiger charge is -2.34. The highest BCUT2D eigenvalue weighted by molar-refractivity contribution is 5.88. The minimum absolute atomic E-state index is 0.0461. The number of hydrogen-bond donors (Lipinski definition) is 1. The van der Waals surface area contributed by atoms with E-state index in [1.54, 1.807) is 36.3 Å². The minimum Gasteiger partial charge on any atom is -0.497 e. The first-order valence-corrected chi connectivity index (χ1v) is 7.49. The SMILES string of the molecule is CC[C@H]1C(=O)NCCN1C(=O)CCOc1ccc(OC)cc1. The van der Waals surface area contributed by atoms with Crippen molar-refractivity contribution in [2.45, 2.75) is 25.8 Å². The number of methoxy groups -OCH3 is 1. The van der Waals surface area contributed by atoms with Crippen LogP contribution in [0.5, 0.6) is 11.5 Å². The zero-order valence-corrected chi connectivity index (χ0v) is 13.0. The summed E-state index contributed by atoms with van der Waals surface area (Å²) in [6.45, 7) is 3.27. The number of ether oxygens (including phenoxy) is 2. The van der Waals surface area contributed by atoms with Crippen molar-refractivity contribution in [3.8, 4) is 11.5 Å². The molecule has 6 heteroatoms. The van der Waals surface area contributed by atoms with Gasteiger partial charge < -0.3 is 19.7 Å². The van der Waals surface area contributed by atoms with Crippen LogP contribution >= 0.6 is 0 Å². The van der Waals surface area contributed by atoms with Crippen molar-refractivity contribution < 1.29 is 19.1 Å². The monoisotopic (exact) mass is 306 g/mol. The van der Waals surface area contributed by atoms with Gasteiger partial charge in [-0.1, -0.05) is 6.92 Å². The molecule has 1 aliphatic heterocycles. The van der Waals surface area contributed by atoms with Crippen LogP contribution in [0.1, 0.15) is 19.8 Å². The summed E-state index contributed by atoms with van der Waals surface area (Å²) in [7, 11) is 1.60. The fourth-order valence-electron chi connectivity index (χ4n) is 2.49. The average molecular weight is 306 g/mol. The molecule has 1 heterocycles. The van der Waals surface area contributed by atoms with E-state index in [0.29, 0.717) is 31.9 Å². The van der Waals surface area contributed by atoms with E-state index in [4.69, 9.17) is 9.47 Å². The molecule has 1 N–H and O–H groups in total. The summed E-state index contributed by atoms with van der Waals surface area (Å²) in [6.07, 6.45) is 0.882. The van der Waals surface area contributed by atoms with E-state index >= 15 is 0 Å². The number of hydrogen-bond acceptors (Lipinski definition) is 4. The molecule has 1 fully saturated rings. The third kappa shape index (κ3) is 3.90. The van der Waals surface area contributed by atoms with Crippen molar-refractivity contribution in [2.24, 2.45) is 0 Å². The highest BCUT2D eigenvalue weighted by atomic mass is 16.5. The van der Waals surface area contributed by atoms with Crippen LogP contribution < -0.4 is 14.8 Å². The van der Waals surface area contributed by atoms with Gasteiger partial charge in [-0.05, 0) is 30.7 Å². The zero-order chi connectivity index (χ0) is 15.9. The van der Waals surface area contributed by atoms with Crippen molar-refractivity contribution >= 4 is 11.8 Å². The predicted octanol–water partition coefficient (Wildman–Crippen LogP) is 1.20. The Morgan fingerprint density at radius 1 is 1.32 bits per heavy atom. The summed E-state index contributed by atoms with van der Waals surface area (Å²) in [4.78, 5) is 25.6. The highest BCUT2D eigenvalue weighted by Crippen LogP contribution is 2.17. The quantitative estimate of drug-likeness (QED) is 0.857. The van der Waals surface area contributed by atoms with E-state index in [2.05, 4.69) is 5.32 Å². The highest BCUT2D eigenvalue weighted by Gasteiger charge is 2.31. The number of nitrogens with zero attached hydrogens (tertiary/aromatic N) is 1. The lowest BCUT2D eigenvalue weighted by molar-refractivity contribution is -0.143. The number of benzene rings is 1. The first-order valence-electron chi connectivity index (χ1n) is 7.49. The van der Waals surface area contributed by atoms with Gasteiger partial charge in [0.15, 0.2) is 0 Å². The van der Waals surface area contributed by atoms with Gasteiger partial charge in [0.2, 0.25) is 11.8 Å². The summed E-state index contributed by atoms with van der Waals surface area (Å²) < 4.78 is 10.6. The summed E-state index contributed by atoms with van der Waals surface area (Å²) in [5.74, 6) is 1.33. The average Bonchev–Trinajstić information content (AvgIpc) is 2.55. The molecule has 120 valence electrons. The summed E-state index contributed by atoms with van der Waals surface area (Å²) in [6, 6.07) is 6.85. The molecule has 0 spiro atoms. The number of amides is 2. The van der Waals surface area contributed by atoms with Gasteiger partial charge in [0.25, 0.3) is 0 Å². The van der Waals surface area contributed by atoms with Gasteiger partial charge >= 0.3 is 0 Å². The molecule has 0 aromatic heterocycles. The van der Waals surface area contributed by atoms with Crippen LogP contribution in [0.4, 0.5) is 0 Å². The number of carbonyl (C=O) groups is 2. The Hall–Kier alpha value is -2.24. The van der Waals surface area contributed by atoms with E-state index in [-0.39, 0.29) is 24.3 Å². The van der Waals surface area contributed by atoms with Crippen molar-refractivity contribution in [3.63, 3.8) is 0 Å². The summed E-state index contributed by atoms with van der Waals surface area (Å²) in [5, 5.41) is 2.78. The first-order chi connectivity index (χ1) is 10.7. The second-order valence-electron chi connectivity index (χ2n) is 5.08. The minimum atomic E-state index is -0.359. The molecule has 1 atom stereocenters. The molecule has 0 bridgehead atoms. The number of piperazine rings is 1. The Morgan fingerprint density at radius 2 is 2.00 bits per heavy atom. The first kappa shape index (κ1) is 16.1. The Morgan fingerprint density at radius 3 is 2.64 bits per heavy atom. The predicted molar refractivity (Wildman–Crippen MR) is 81.9 cm³/mol. The summed E-state index contributed by atoms with van der Waals surface area (Å²) >= 11 is 0. The molecular weight excluding hydrogens is 284 g/mol. The normalized spacial score (nSPS) is 17.8. The Bertz CT molecular complexity index is 515. The maximum Gasteiger partial charge on any atom is 0.242 e. The fraction of sp³-hybridized carbons (Fsp3) is 0.500. The van der Waals surface area contributed by atoms with Gasteiger partial charge in [-0.15, -0.1) is 0 Å². The molecule has 1 saturated heterocycles. The Kier molecular flexibility index (Phi) is 5.63. The number of nitrogens with one attached hydrogen (secondary N) is 1. The number of carbonyl (C=O) groups excluding carboxylic acids is 2. The molecule has 1 aromatic rings. The van der Waals surface area contributed by atoms with Crippen LogP contribution in [0.15, 0.2) is 24.3 Å². The van der Waals surface area contributed by atoms with Crippen molar-refractivity contribution in [1.82, 2.24) is 10.2 Å². The van der Waals surface area contributed by atoms with Crippen LogP contribution in [0.3, 0.4) is 0 Å². The van der Waals surface area contributed by atoms with E-state index in [1.807, 2.05) is 6.92 Å². The van der Waals surface area contributed by atoms with E-state index in [1.165, 1.54) is 0 Å². The van der Waals surface area contributed by atoms with Crippen molar-refractivity contribution in [3.05, 3.63) is 24.3 Å². The van der Waals surface area contributed by atoms with Gasteiger partial charge in [0.1, 0.15) is 17.5 Å². The molecule has 2 amide bonds. The van der Waals surface area contributed by atoms with Crippen LogP contribution in [0, 0.1) is 0 Å². The second kappa shape index (κ2) is 7.68.